The number of nitrogens with zero attached hydrogens (tertiary/aromatic N) is 1. The van der Waals surface area contributed by atoms with E-state index in [2.05, 4.69) is 57.8 Å². The first-order valence-electron chi connectivity index (χ1n) is 19.0. The minimum Gasteiger partial charge on any atom is -0.506 e. The van der Waals surface area contributed by atoms with Crippen molar-refractivity contribution in [3.8, 4) is 11.5 Å². The molecular weight excluding hydrogens is 656 g/mol. The van der Waals surface area contributed by atoms with Gasteiger partial charge in [-0.1, -0.05) is 80.1 Å². The molecule has 1 amide bonds. The van der Waals surface area contributed by atoms with Crippen LogP contribution in [0.2, 0.25) is 0 Å². The number of benzene rings is 3. The number of carbonyl (C=O) groups is 1. The van der Waals surface area contributed by atoms with Crippen LogP contribution in [0.4, 0.5) is 4.79 Å². The summed E-state index contributed by atoms with van der Waals surface area (Å²) in [6.45, 7) is 6.91. The van der Waals surface area contributed by atoms with Gasteiger partial charge in [-0.05, 0) is 99.1 Å². The number of pyridine rings is 1. The van der Waals surface area contributed by atoms with Crippen LogP contribution in [-0.2, 0) is 5.54 Å². The summed E-state index contributed by atoms with van der Waals surface area (Å²) < 4.78 is 6.27. The van der Waals surface area contributed by atoms with Gasteiger partial charge in [0, 0.05) is 30.5 Å². The molecule has 3 fully saturated rings. The smallest absolute Gasteiger partial charge is 0.405 e. The van der Waals surface area contributed by atoms with E-state index in [-0.39, 0.29) is 17.2 Å². The van der Waals surface area contributed by atoms with Crippen molar-refractivity contribution >= 4 is 17.0 Å². The standard InChI is InChI=1S/C42H54N4O6/c1-29-11-9-12-31(25-29)42(45-41(50)51,36-28-46-22-19-30(36)20-23-46)32-13-10-14-33(26-32)52-24-8-6-4-2-3-5-7-21-43-27-38(48)34-15-17-37(47)40-35(34)16-18-39(49)44-40/h9-18,25-26,30,36,38,43,45,47-48H,2-8,19-24,27-28H2,1H3,(H,44,49)(H,50,51)/t36-,38-,42?/m0/s1. The molecule has 0 radical (unpaired) electrons. The molecule has 3 atom stereocenters. The van der Waals surface area contributed by atoms with E-state index < -0.39 is 17.7 Å². The highest BCUT2D eigenvalue weighted by atomic mass is 16.5. The zero-order valence-electron chi connectivity index (χ0n) is 30.3. The third-order valence-corrected chi connectivity index (χ3v) is 11.1. The van der Waals surface area contributed by atoms with Crippen molar-refractivity contribution in [1.29, 1.82) is 0 Å². The van der Waals surface area contributed by atoms with Crippen LogP contribution in [-0.4, -0.2) is 70.6 Å². The molecule has 4 heterocycles. The minimum atomic E-state index is -1.01. The highest BCUT2D eigenvalue weighted by molar-refractivity contribution is 5.87. The first-order valence-corrected chi connectivity index (χ1v) is 19.0. The molecule has 10 heteroatoms. The average Bonchev–Trinajstić information content (AvgIpc) is 3.15. The van der Waals surface area contributed by atoms with Gasteiger partial charge >= 0.3 is 6.09 Å². The Morgan fingerprint density at radius 2 is 1.65 bits per heavy atom. The monoisotopic (exact) mass is 710 g/mol. The molecule has 278 valence electrons. The summed E-state index contributed by atoms with van der Waals surface area (Å²) >= 11 is 0. The Labute approximate surface area is 306 Å². The van der Waals surface area contributed by atoms with Gasteiger partial charge in [-0.15, -0.1) is 0 Å². The van der Waals surface area contributed by atoms with Gasteiger partial charge < -0.3 is 40.6 Å². The number of hydrogen-bond donors (Lipinski definition) is 6. The molecule has 0 aliphatic carbocycles. The van der Waals surface area contributed by atoms with Gasteiger partial charge in [-0.3, -0.25) is 4.79 Å². The van der Waals surface area contributed by atoms with Crippen LogP contribution in [0.3, 0.4) is 0 Å². The highest BCUT2D eigenvalue weighted by Crippen LogP contribution is 2.48. The zero-order valence-corrected chi connectivity index (χ0v) is 30.3. The number of ether oxygens (including phenoxy) is 1. The second-order valence-corrected chi connectivity index (χ2v) is 14.7. The van der Waals surface area contributed by atoms with E-state index in [1.54, 1.807) is 12.1 Å². The fourth-order valence-electron chi connectivity index (χ4n) is 8.50. The number of aromatic hydroxyl groups is 1. The van der Waals surface area contributed by atoms with Gasteiger partial charge in [0.1, 0.15) is 11.5 Å². The number of H-pyrrole nitrogens is 1. The molecule has 4 aromatic rings. The molecule has 6 N–H and O–H groups in total. The van der Waals surface area contributed by atoms with Crippen LogP contribution >= 0.6 is 0 Å². The predicted octanol–water partition coefficient (Wildman–Crippen LogP) is 6.83. The lowest BCUT2D eigenvalue weighted by atomic mass is 9.63. The zero-order chi connectivity index (χ0) is 36.5. The third-order valence-electron chi connectivity index (χ3n) is 11.1. The van der Waals surface area contributed by atoms with E-state index in [4.69, 9.17) is 4.74 Å². The number of rotatable bonds is 18. The Morgan fingerprint density at radius 1 is 0.942 bits per heavy atom. The van der Waals surface area contributed by atoms with Gasteiger partial charge in [0.15, 0.2) is 0 Å². The Morgan fingerprint density at radius 3 is 2.37 bits per heavy atom. The number of aromatic amines is 1. The van der Waals surface area contributed by atoms with Crippen LogP contribution in [0.5, 0.6) is 11.5 Å². The first kappa shape index (κ1) is 37.4. The van der Waals surface area contributed by atoms with Crippen LogP contribution < -0.4 is 20.9 Å². The third kappa shape index (κ3) is 8.80. The maximum atomic E-state index is 12.5. The van der Waals surface area contributed by atoms with Gasteiger partial charge in [-0.25, -0.2) is 4.79 Å². The van der Waals surface area contributed by atoms with Crippen molar-refractivity contribution in [1.82, 2.24) is 20.5 Å². The van der Waals surface area contributed by atoms with Gasteiger partial charge in [0.05, 0.1) is 23.8 Å². The van der Waals surface area contributed by atoms with E-state index in [9.17, 15) is 24.9 Å². The molecule has 52 heavy (non-hydrogen) atoms. The topological polar surface area (TPSA) is 147 Å². The lowest BCUT2D eigenvalue weighted by Crippen LogP contribution is -2.61. The van der Waals surface area contributed by atoms with Crippen molar-refractivity contribution in [3.05, 3.63) is 105 Å². The molecule has 1 aromatic heterocycles. The Balaban J connectivity index is 0.937. The number of fused-ring (bicyclic) bond motifs is 4. The van der Waals surface area contributed by atoms with E-state index in [0.29, 0.717) is 35.5 Å². The Hall–Kier alpha value is -4.38. The molecule has 3 aliphatic heterocycles. The van der Waals surface area contributed by atoms with Gasteiger partial charge in [0.2, 0.25) is 5.56 Å². The van der Waals surface area contributed by atoms with Crippen molar-refractivity contribution in [2.75, 3.05) is 39.3 Å². The van der Waals surface area contributed by atoms with Crippen molar-refractivity contribution < 1.29 is 24.9 Å². The quantitative estimate of drug-likeness (QED) is 0.0617. The number of hydrogen-bond acceptors (Lipinski definition) is 7. The van der Waals surface area contributed by atoms with E-state index in [0.717, 1.165) is 106 Å². The lowest BCUT2D eigenvalue weighted by molar-refractivity contribution is 0.00715. The lowest BCUT2D eigenvalue weighted by Gasteiger charge is -2.53. The molecule has 1 unspecified atom stereocenters. The van der Waals surface area contributed by atoms with Crippen LogP contribution in [0, 0.1) is 18.8 Å². The number of aryl methyl sites for hydroxylation is 1. The highest BCUT2D eigenvalue weighted by Gasteiger charge is 2.51. The molecular formula is C42H54N4O6. The van der Waals surface area contributed by atoms with Crippen LogP contribution in [0.15, 0.2) is 77.6 Å². The normalized spacial score (nSPS) is 20.0. The van der Waals surface area contributed by atoms with Crippen molar-refractivity contribution in [2.45, 2.75) is 76.4 Å². The number of carboxylic acid groups (broad SMARTS) is 1. The number of aliphatic hydroxyl groups is 1. The summed E-state index contributed by atoms with van der Waals surface area (Å²) in [5.74, 6) is 1.32. The summed E-state index contributed by atoms with van der Waals surface area (Å²) in [7, 11) is 0. The Kier molecular flexibility index (Phi) is 12.5. The molecule has 0 spiro atoms. The summed E-state index contributed by atoms with van der Waals surface area (Å²) in [5.41, 5.74) is 2.87. The number of aliphatic hydroxyl groups excluding tert-OH is 1. The number of amides is 1. The maximum absolute atomic E-state index is 12.5. The van der Waals surface area contributed by atoms with E-state index in [1.807, 2.05) is 18.2 Å². The first-order chi connectivity index (χ1) is 25.2. The SMILES string of the molecule is Cc1cccc(C(NC(=O)O)(c2cccc(OCCCCCCCCCNC[C@H](O)c3ccc(O)c4[nH]c(=O)ccc34)c2)[C@H]2CN3CCC2CC3)c1. The fourth-order valence-corrected chi connectivity index (χ4v) is 8.50. The van der Waals surface area contributed by atoms with Crippen molar-refractivity contribution in [2.24, 2.45) is 11.8 Å². The summed E-state index contributed by atoms with van der Waals surface area (Å²) in [4.78, 5) is 29.3. The second kappa shape index (κ2) is 17.4. The molecule has 3 saturated heterocycles. The summed E-state index contributed by atoms with van der Waals surface area (Å²) in [6.07, 6.45) is 8.05. The number of nitrogens with one attached hydrogen (secondary N) is 3. The molecule has 2 bridgehead atoms. The number of aromatic nitrogens is 1. The summed E-state index contributed by atoms with van der Waals surface area (Å²) in [6, 6.07) is 22.6. The van der Waals surface area contributed by atoms with Crippen molar-refractivity contribution in [3.63, 3.8) is 0 Å². The maximum Gasteiger partial charge on any atom is 0.405 e. The fraction of sp³-hybridized carbons (Fsp3) is 0.476. The number of piperidine rings is 3. The van der Waals surface area contributed by atoms with Gasteiger partial charge in [0.25, 0.3) is 0 Å². The number of phenols is 1. The minimum absolute atomic E-state index is 0.0125. The second-order valence-electron chi connectivity index (χ2n) is 14.7. The van der Waals surface area contributed by atoms with Crippen LogP contribution in [0.1, 0.15) is 86.1 Å². The van der Waals surface area contributed by atoms with E-state index in [1.165, 1.54) is 12.1 Å². The van der Waals surface area contributed by atoms with E-state index >= 15 is 0 Å². The predicted molar refractivity (Wildman–Crippen MR) is 204 cm³/mol. The summed E-state index contributed by atoms with van der Waals surface area (Å²) in [5, 5.41) is 38.1. The molecule has 7 rings (SSSR count). The van der Waals surface area contributed by atoms with Crippen LogP contribution in [0.25, 0.3) is 10.9 Å². The molecule has 3 aromatic carbocycles. The largest absolute Gasteiger partial charge is 0.506 e. The van der Waals surface area contributed by atoms with Gasteiger partial charge in [-0.2, -0.15) is 0 Å². The molecule has 3 aliphatic rings. The number of phenolic OH excluding ortho intramolecular Hbond substituents is 1. The average molecular weight is 711 g/mol. The Bertz CT molecular complexity index is 1850. The number of unbranched alkanes of at least 4 members (excludes halogenated alkanes) is 6. The molecule has 10 nitrogen and oxygen atoms in total. The molecule has 0 saturated carbocycles.